The molecule has 0 saturated carbocycles. The Hall–Kier alpha value is -1.14. The largest absolute Gasteiger partial charge is 0.372 e. The van der Waals surface area contributed by atoms with E-state index in [9.17, 15) is 9.59 Å². The fourth-order valence-electron chi connectivity index (χ4n) is 1.07. The number of carbonyl (C=O) groups is 2. The highest BCUT2D eigenvalue weighted by molar-refractivity contribution is 5.82. The van der Waals surface area contributed by atoms with Gasteiger partial charge in [0.15, 0.2) is 0 Å². The van der Waals surface area contributed by atoms with E-state index < -0.39 is 12.0 Å². The highest BCUT2D eigenvalue weighted by Crippen LogP contribution is 2.01. The van der Waals surface area contributed by atoms with Crippen molar-refractivity contribution in [3.8, 4) is 0 Å². The molecule has 5 N–H and O–H groups in total. The summed E-state index contributed by atoms with van der Waals surface area (Å²) >= 11 is 0. The van der Waals surface area contributed by atoms with Gasteiger partial charge in [-0.2, -0.15) is 5.90 Å². The van der Waals surface area contributed by atoms with Crippen LogP contribution < -0.4 is 16.9 Å². The van der Waals surface area contributed by atoms with E-state index in [1.807, 2.05) is 0 Å². The lowest BCUT2D eigenvalue weighted by atomic mass is 10.1. The summed E-state index contributed by atoms with van der Waals surface area (Å²) < 4.78 is 0. The quantitative estimate of drug-likeness (QED) is 0.380. The Morgan fingerprint density at radius 2 is 2.07 bits per heavy atom. The van der Waals surface area contributed by atoms with Gasteiger partial charge in [-0.25, -0.2) is 4.79 Å². The minimum atomic E-state index is -0.663. The van der Waals surface area contributed by atoms with E-state index in [0.717, 1.165) is 12.8 Å². The number of unbranched alkanes of at least 4 members (excludes halogenated alkanes) is 1. The second kappa shape index (κ2) is 7.28. The van der Waals surface area contributed by atoms with Gasteiger partial charge in [0.1, 0.15) is 6.04 Å². The summed E-state index contributed by atoms with van der Waals surface area (Å²) in [5, 5.41) is 2.46. The lowest BCUT2D eigenvalue weighted by molar-refractivity contribution is -0.148. The molecule has 0 heterocycles. The van der Waals surface area contributed by atoms with E-state index in [4.69, 9.17) is 11.6 Å². The molecule has 0 aromatic heterocycles. The monoisotopic (exact) mass is 203 g/mol. The second-order valence-corrected chi connectivity index (χ2v) is 2.97. The number of rotatable bonds is 6. The van der Waals surface area contributed by atoms with Crippen LogP contribution in [0.1, 0.15) is 26.2 Å². The summed E-state index contributed by atoms with van der Waals surface area (Å²) in [6, 6.07) is -0.663. The van der Waals surface area contributed by atoms with Crippen LogP contribution in [-0.2, 0) is 14.4 Å². The van der Waals surface area contributed by atoms with Gasteiger partial charge in [0.25, 0.3) is 0 Å². The molecule has 0 aromatic carbocycles. The standard InChI is InChI=1S/C8H17N3O3/c1-6(12)11-7(8(13)14-10)4-2-3-5-9/h7H,2-5,9-10H2,1H3,(H,11,12)/t7-/m0/s1. The van der Waals surface area contributed by atoms with Crippen LogP contribution in [0.3, 0.4) is 0 Å². The maximum Gasteiger partial charge on any atom is 0.347 e. The van der Waals surface area contributed by atoms with Crippen molar-refractivity contribution in [2.75, 3.05) is 6.54 Å². The molecule has 0 aliphatic heterocycles. The second-order valence-electron chi connectivity index (χ2n) is 2.97. The Labute approximate surface area is 82.9 Å². The van der Waals surface area contributed by atoms with E-state index in [-0.39, 0.29) is 5.91 Å². The number of hydrogen-bond donors (Lipinski definition) is 3. The van der Waals surface area contributed by atoms with Gasteiger partial charge in [-0.3, -0.25) is 4.79 Å². The minimum absolute atomic E-state index is 0.284. The first kappa shape index (κ1) is 12.9. The molecule has 0 aliphatic carbocycles. The fourth-order valence-corrected chi connectivity index (χ4v) is 1.07. The van der Waals surface area contributed by atoms with E-state index in [1.54, 1.807) is 0 Å². The van der Waals surface area contributed by atoms with Gasteiger partial charge in [0, 0.05) is 6.92 Å². The fraction of sp³-hybridized carbons (Fsp3) is 0.750. The molecule has 0 saturated heterocycles. The lowest BCUT2D eigenvalue weighted by Crippen LogP contribution is -2.41. The lowest BCUT2D eigenvalue weighted by Gasteiger charge is -2.14. The molecule has 0 bridgehead atoms. The smallest absolute Gasteiger partial charge is 0.347 e. The van der Waals surface area contributed by atoms with Crippen LogP contribution >= 0.6 is 0 Å². The van der Waals surface area contributed by atoms with Gasteiger partial charge in [-0.1, -0.05) is 0 Å². The van der Waals surface area contributed by atoms with Gasteiger partial charge >= 0.3 is 5.97 Å². The minimum Gasteiger partial charge on any atom is -0.372 e. The molecule has 0 unspecified atom stereocenters. The van der Waals surface area contributed by atoms with Crippen LogP contribution in [0.4, 0.5) is 0 Å². The summed E-state index contributed by atoms with van der Waals surface area (Å²) in [6.07, 6.45) is 2.04. The average Bonchev–Trinajstić information content (AvgIpc) is 2.15. The molecule has 0 fully saturated rings. The molecular weight excluding hydrogens is 186 g/mol. The third-order valence-corrected chi connectivity index (χ3v) is 1.73. The Balaban J connectivity index is 3.97. The van der Waals surface area contributed by atoms with Crippen LogP contribution in [0.15, 0.2) is 0 Å². The van der Waals surface area contributed by atoms with Crippen LogP contribution in [-0.4, -0.2) is 24.5 Å². The van der Waals surface area contributed by atoms with Gasteiger partial charge in [-0.15, -0.1) is 0 Å². The molecule has 1 atom stereocenters. The predicted octanol–water partition coefficient (Wildman–Crippen LogP) is -0.963. The molecule has 0 aromatic rings. The van der Waals surface area contributed by atoms with Crippen molar-refractivity contribution < 1.29 is 14.4 Å². The Morgan fingerprint density at radius 1 is 1.43 bits per heavy atom. The maximum absolute atomic E-state index is 11.0. The maximum atomic E-state index is 11.0. The molecule has 14 heavy (non-hydrogen) atoms. The molecular formula is C8H17N3O3. The van der Waals surface area contributed by atoms with E-state index in [0.29, 0.717) is 13.0 Å². The number of amides is 1. The SMILES string of the molecule is CC(=O)N[C@@H](CCCCN)C(=O)ON. The first-order valence-corrected chi connectivity index (χ1v) is 4.49. The number of nitrogens with one attached hydrogen (secondary N) is 1. The number of hydrogen-bond acceptors (Lipinski definition) is 5. The van der Waals surface area contributed by atoms with Crippen molar-refractivity contribution in [3.63, 3.8) is 0 Å². The molecule has 82 valence electrons. The molecule has 0 rings (SSSR count). The van der Waals surface area contributed by atoms with Crippen molar-refractivity contribution in [1.82, 2.24) is 5.32 Å². The van der Waals surface area contributed by atoms with Gasteiger partial charge in [-0.05, 0) is 25.8 Å². The van der Waals surface area contributed by atoms with Gasteiger partial charge in [0.05, 0.1) is 0 Å². The highest BCUT2D eigenvalue weighted by atomic mass is 16.7. The zero-order valence-electron chi connectivity index (χ0n) is 8.29. The average molecular weight is 203 g/mol. The van der Waals surface area contributed by atoms with Crippen molar-refractivity contribution in [2.24, 2.45) is 11.6 Å². The van der Waals surface area contributed by atoms with Crippen LogP contribution in [0.2, 0.25) is 0 Å². The third kappa shape index (κ3) is 5.50. The Kier molecular flexibility index (Phi) is 6.69. The van der Waals surface area contributed by atoms with E-state index in [1.165, 1.54) is 6.92 Å². The molecule has 1 amide bonds. The van der Waals surface area contributed by atoms with Crippen LogP contribution in [0.5, 0.6) is 0 Å². The Morgan fingerprint density at radius 3 is 2.50 bits per heavy atom. The summed E-state index contributed by atoms with van der Waals surface area (Å²) in [6.45, 7) is 1.89. The molecule has 6 nitrogen and oxygen atoms in total. The number of carbonyl (C=O) groups excluding carboxylic acids is 2. The van der Waals surface area contributed by atoms with Crippen molar-refractivity contribution >= 4 is 11.9 Å². The summed E-state index contributed by atoms with van der Waals surface area (Å²) in [5.41, 5.74) is 5.30. The van der Waals surface area contributed by atoms with Crippen LogP contribution in [0.25, 0.3) is 0 Å². The molecule has 0 aliphatic rings. The molecule has 0 spiro atoms. The molecule has 6 heteroatoms. The predicted molar refractivity (Wildman–Crippen MR) is 50.8 cm³/mol. The summed E-state index contributed by atoms with van der Waals surface area (Å²) in [7, 11) is 0. The van der Waals surface area contributed by atoms with Gasteiger partial charge < -0.3 is 15.9 Å². The normalized spacial score (nSPS) is 11.9. The van der Waals surface area contributed by atoms with Crippen molar-refractivity contribution in [1.29, 1.82) is 0 Å². The first-order valence-electron chi connectivity index (χ1n) is 4.49. The third-order valence-electron chi connectivity index (χ3n) is 1.73. The molecule has 0 radical (unpaired) electrons. The topological polar surface area (TPSA) is 107 Å². The van der Waals surface area contributed by atoms with E-state index >= 15 is 0 Å². The van der Waals surface area contributed by atoms with E-state index in [2.05, 4.69) is 10.2 Å². The van der Waals surface area contributed by atoms with Crippen LogP contribution in [0, 0.1) is 0 Å². The summed E-state index contributed by atoms with van der Waals surface area (Å²) in [5.74, 6) is 3.82. The zero-order chi connectivity index (χ0) is 11.0. The number of nitrogens with two attached hydrogens (primary N) is 2. The van der Waals surface area contributed by atoms with Crippen molar-refractivity contribution in [3.05, 3.63) is 0 Å². The zero-order valence-corrected chi connectivity index (χ0v) is 8.29. The summed E-state index contributed by atoms with van der Waals surface area (Å²) in [4.78, 5) is 25.8. The Bertz CT molecular complexity index is 196. The van der Waals surface area contributed by atoms with Crippen molar-refractivity contribution in [2.45, 2.75) is 32.2 Å². The highest BCUT2D eigenvalue weighted by Gasteiger charge is 2.19. The van der Waals surface area contributed by atoms with Gasteiger partial charge in [0.2, 0.25) is 5.91 Å². The first-order chi connectivity index (χ1) is 6.61.